The number of hydrogen-bond acceptors (Lipinski definition) is 3. The average molecular weight is 161 g/mol. The quantitative estimate of drug-likeness (QED) is 0.593. The number of rotatable bonds is 0. The van der Waals surface area contributed by atoms with Gasteiger partial charge >= 0.3 is 0 Å². The monoisotopic (exact) mass is 161 g/mol. The van der Waals surface area contributed by atoms with Crippen molar-refractivity contribution in [3.63, 3.8) is 0 Å². The van der Waals surface area contributed by atoms with E-state index in [-0.39, 0.29) is 0 Å². The lowest BCUT2D eigenvalue weighted by atomic mass is 10.3. The molecule has 0 saturated carbocycles. The Bertz CT molecular complexity index is 281. The molecule has 2 aromatic heterocycles. The molecule has 0 aliphatic heterocycles. The predicted molar refractivity (Wildman–Crippen MR) is 48.7 cm³/mol. The molecule has 3 nitrogen and oxygen atoms in total. The molecule has 3 heteroatoms. The third kappa shape index (κ3) is 1.75. The Morgan fingerprint density at radius 3 is 2.58 bits per heavy atom. The third-order valence-corrected chi connectivity index (χ3v) is 1.28. The van der Waals surface area contributed by atoms with Crippen LogP contribution in [0.2, 0.25) is 0 Å². The molecule has 2 aromatic rings. The summed E-state index contributed by atoms with van der Waals surface area (Å²) in [6, 6.07) is 5.56. The van der Waals surface area contributed by atoms with E-state index in [0.717, 1.165) is 11.0 Å². The van der Waals surface area contributed by atoms with E-state index in [4.69, 9.17) is 0 Å². The molecule has 0 amide bonds. The van der Waals surface area contributed by atoms with Crippen molar-refractivity contribution < 1.29 is 0 Å². The van der Waals surface area contributed by atoms with Crippen LogP contribution >= 0.6 is 0 Å². The van der Waals surface area contributed by atoms with Gasteiger partial charge in [0.15, 0.2) is 0 Å². The average Bonchev–Trinajstić information content (AvgIpc) is 2.21. The van der Waals surface area contributed by atoms with E-state index in [1.165, 1.54) is 0 Å². The van der Waals surface area contributed by atoms with Crippen LogP contribution in [-0.2, 0) is 0 Å². The van der Waals surface area contributed by atoms with Crippen LogP contribution in [0.15, 0.2) is 30.6 Å². The number of nitrogens with zero attached hydrogens (tertiary/aromatic N) is 3. The maximum Gasteiger partial charge on any atom is 0.111 e. The van der Waals surface area contributed by atoms with E-state index in [9.17, 15) is 0 Å². The molecule has 0 fully saturated rings. The van der Waals surface area contributed by atoms with Crippen LogP contribution in [0.3, 0.4) is 0 Å². The molecule has 0 spiro atoms. The fourth-order valence-corrected chi connectivity index (χ4v) is 0.821. The zero-order chi connectivity index (χ0) is 8.81. The summed E-state index contributed by atoms with van der Waals surface area (Å²) in [5, 5.41) is 7.59. The highest BCUT2D eigenvalue weighted by Crippen LogP contribution is 2.02. The summed E-state index contributed by atoms with van der Waals surface area (Å²) in [4.78, 5) is 4.08. The Morgan fingerprint density at radius 2 is 1.83 bits per heavy atom. The molecule has 0 bridgehead atoms. The molecule has 0 aromatic carbocycles. The second-order valence-corrected chi connectivity index (χ2v) is 1.94. The second-order valence-electron chi connectivity index (χ2n) is 1.94. The third-order valence-electron chi connectivity index (χ3n) is 1.28. The zero-order valence-electron chi connectivity index (χ0n) is 7.23. The van der Waals surface area contributed by atoms with Crippen molar-refractivity contribution in [1.82, 2.24) is 15.2 Å². The van der Waals surface area contributed by atoms with Crippen LogP contribution in [0.4, 0.5) is 0 Å². The molecule has 0 aliphatic rings. The fourth-order valence-electron chi connectivity index (χ4n) is 0.821. The van der Waals surface area contributed by atoms with Gasteiger partial charge in [0, 0.05) is 6.20 Å². The Hall–Kier alpha value is -1.51. The first-order valence-electron chi connectivity index (χ1n) is 3.99. The first-order valence-corrected chi connectivity index (χ1v) is 3.99. The van der Waals surface area contributed by atoms with Gasteiger partial charge in [-0.05, 0) is 18.2 Å². The minimum absolute atomic E-state index is 0.838. The van der Waals surface area contributed by atoms with Gasteiger partial charge < -0.3 is 0 Å². The summed E-state index contributed by atoms with van der Waals surface area (Å²) in [6.45, 7) is 4.00. The van der Waals surface area contributed by atoms with E-state index >= 15 is 0 Å². The smallest absolute Gasteiger partial charge is 0.111 e. The summed E-state index contributed by atoms with van der Waals surface area (Å²) in [5.74, 6) is 0. The fraction of sp³-hybridized carbons (Fsp3) is 0.222. The van der Waals surface area contributed by atoms with Crippen LogP contribution in [0, 0.1) is 0 Å². The van der Waals surface area contributed by atoms with Gasteiger partial charge in [-0.15, -0.1) is 5.10 Å². The number of pyridine rings is 1. The summed E-state index contributed by atoms with van der Waals surface area (Å²) >= 11 is 0. The van der Waals surface area contributed by atoms with E-state index < -0.39 is 0 Å². The maximum absolute atomic E-state index is 4.08. The Kier molecular flexibility index (Phi) is 3.14. The van der Waals surface area contributed by atoms with E-state index in [1.54, 1.807) is 12.4 Å². The van der Waals surface area contributed by atoms with Crippen LogP contribution < -0.4 is 0 Å². The SMILES string of the molecule is CC.c1cnc2ccnnc2c1. The lowest BCUT2D eigenvalue weighted by molar-refractivity contribution is 1.07. The summed E-state index contributed by atoms with van der Waals surface area (Å²) < 4.78 is 0. The molecule has 0 aliphatic carbocycles. The topological polar surface area (TPSA) is 38.7 Å². The van der Waals surface area contributed by atoms with Gasteiger partial charge in [-0.25, -0.2) is 0 Å². The summed E-state index contributed by atoms with van der Waals surface area (Å²) in [6.07, 6.45) is 3.37. The molecule has 2 rings (SSSR count). The van der Waals surface area contributed by atoms with E-state index in [1.807, 2.05) is 32.0 Å². The van der Waals surface area contributed by atoms with Crippen molar-refractivity contribution in [2.24, 2.45) is 0 Å². The van der Waals surface area contributed by atoms with Crippen LogP contribution in [-0.4, -0.2) is 15.2 Å². The highest BCUT2D eigenvalue weighted by Gasteiger charge is 1.89. The van der Waals surface area contributed by atoms with Crippen LogP contribution in [0.25, 0.3) is 11.0 Å². The zero-order valence-corrected chi connectivity index (χ0v) is 7.23. The predicted octanol–water partition coefficient (Wildman–Crippen LogP) is 2.05. The van der Waals surface area contributed by atoms with Crippen molar-refractivity contribution in [1.29, 1.82) is 0 Å². The molecule has 2 heterocycles. The number of fused-ring (bicyclic) bond motifs is 1. The maximum atomic E-state index is 4.08. The summed E-state index contributed by atoms with van der Waals surface area (Å²) in [7, 11) is 0. The van der Waals surface area contributed by atoms with Gasteiger partial charge in [0.1, 0.15) is 5.52 Å². The lowest BCUT2D eigenvalue weighted by Crippen LogP contribution is -1.82. The Balaban J connectivity index is 0.000000336. The van der Waals surface area contributed by atoms with Gasteiger partial charge in [0.2, 0.25) is 0 Å². The number of hydrogen-bond donors (Lipinski definition) is 0. The van der Waals surface area contributed by atoms with Gasteiger partial charge in [0.25, 0.3) is 0 Å². The Labute approximate surface area is 71.5 Å². The highest BCUT2D eigenvalue weighted by molar-refractivity contribution is 5.72. The standard InChI is InChI=1S/C7H5N3.C2H6/c1-2-7-6(8-4-1)3-5-9-10-7;1-2/h1-5H;1-2H3. The van der Waals surface area contributed by atoms with Crippen molar-refractivity contribution in [2.75, 3.05) is 0 Å². The van der Waals surface area contributed by atoms with Gasteiger partial charge in [-0.2, -0.15) is 5.10 Å². The van der Waals surface area contributed by atoms with E-state index in [0.29, 0.717) is 0 Å². The van der Waals surface area contributed by atoms with Gasteiger partial charge in [0.05, 0.1) is 11.7 Å². The van der Waals surface area contributed by atoms with Crippen molar-refractivity contribution in [3.8, 4) is 0 Å². The van der Waals surface area contributed by atoms with Crippen LogP contribution in [0.5, 0.6) is 0 Å². The molecule has 62 valence electrons. The van der Waals surface area contributed by atoms with Crippen molar-refractivity contribution >= 4 is 11.0 Å². The molecule has 0 unspecified atom stereocenters. The molecular formula is C9H11N3. The normalized spacial score (nSPS) is 8.83. The van der Waals surface area contributed by atoms with Crippen molar-refractivity contribution in [3.05, 3.63) is 30.6 Å². The molecule has 12 heavy (non-hydrogen) atoms. The molecule has 0 saturated heterocycles. The largest absolute Gasteiger partial charge is 0.254 e. The molecule has 0 radical (unpaired) electrons. The van der Waals surface area contributed by atoms with Crippen LogP contribution in [0.1, 0.15) is 13.8 Å². The molecule has 0 atom stereocenters. The summed E-state index contributed by atoms with van der Waals surface area (Å²) in [5.41, 5.74) is 1.72. The van der Waals surface area contributed by atoms with Crippen molar-refractivity contribution in [2.45, 2.75) is 13.8 Å². The molecule has 0 N–H and O–H groups in total. The van der Waals surface area contributed by atoms with Gasteiger partial charge in [-0.3, -0.25) is 4.98 Å². The first kappa shape index (κ1) is 8.59. The minimum Gasteiger partial charge on any atom is -0.254 e. The number of aromatic nitrogens is 3. The first-order chi connectivity index (χ1) is 5.97. The van der Waals surface area contributed by atoms with E-state index in [2.05, 4.69) is 15.2 Å². The minimum atomic E-state index is 0.838. The lowest BCUT2D eigenvalue weighted by Gasteiger charge is -1.89. The Morgan fingerprint density at radius 1 is 1.00 bits per heavy atom. The highest BCUT2D eigenvalue weighted by atomic mass is 15.1. The molecular weight excluding hydrogens is 150 g/mol. The second kappa shape index (κ2) is 4.38. The van der Waals surface area contributed by atoms with Gasteiger partial charge in [-0.1, -0.05) is 13.8 Å².